The third-order valence-corrected chi connectivity index (χ3v) is 5.87. The molecular weight excluding hydrogens is 460 g/mol. The highest BCUT2D eigenvalue weighted by Crippen LogP contribution is 2.18. The van der Waals surface area contributed by atoms with Gasteiger partial charge in [-0.05, 0) is 44.5 Å². The molecule has 2 aromatic carbocycles. The summed E-state index contributed by atoms with van der Waals surface area (Å²) in [7, 11) is 0. The smallest absolute Gasteiger partial charge is 0.330 e. The Kier molecular flexibility index (Phi) is 8.66. The normalized spacial score (nSPS) is 10.6. The molecule has 4 N–H and O–H groups in total. The predicted octanol–water partition coefficient (Wildman–Crippen LogP) is 2.11. The summed E-state index contributed by atoms with van der Waals surface area (Å²) in [5, 5.41) is 2.78. The molecule has 0 saturated carbocycles. The van der Waals surface area contributed by atoms with Crippen LogP contribution in [0, 0.1) is 0 Å². The van der Waals surface area contributed by atoms with E-state index < -0.39 is 17.2 Å². The van der Waals surface area contributed by atoms with Gasteiger partial charge in [0.15, 0.2) is 0 Å². The number of aromatic amines is 1. The van der Waals surface area contributed by atoms with Gasteiger partial charge in [-0.3, -0.25) is 23.9 Å². The van der Waals surface area contributed by atoms with E-state index in [0.717, 1.165) is 5.56 Å². The monoisotopic (exact) mass is 492 g/mol. The zero-order valence-electron chi connectivity index (χ0n) is 20.8. The summed E-state index contributed by atoms with van der Waals surface area (Å²) in [6, 6.07) is 16.0. The Morgan fingerprint density at radius 2 is 1.67 bits per heavy atom. The number of H-pyrrole nitrogens is 1. The number of carbonyl (C=O) groups is 2. The van der Waals surface area contributed by atoms with Crippen molar-refractivity contribution in [3.8, 4) is 0 Å². The zero-order chi connectivity index (χ0) is 26.2. The van der Waals surface area contributed by atoms with Crippen LogP contribution in [0.15, 0.2) is 64.2 Å². The number of likely N-dealkylation sites (N-methyl/N-ethyl adjacent to an activating group) is 1. The van der Waals surface area contributed by atoms with E-state index in [1.54, 1.807) is 36.1 Å². The lowest BCUT2D eigenvalue weighted by atomic mass is 10.1. The third kappa shape index (κ3) is 6.01. The van der Waals surface area contributed by atoms with Crippen molar-refractivity contribution in [3.63, 3.8) is 0 Å². The maximum absolute atomic E-state index is 12.9. The van der Waals surface area contributed by atoms with Crippen molar-refractivity contribution in [2.45, 2.75) is 27.3 Å². The fraction of sp³-hybridized carbons (Fsp3) is 0.308. The summed E-state index contributed by atoms with van der Waals surface area (Å²) in [4.78, 5) is 56.2. The molecule has 3 rings (SSSR count). The van der Waals surface area contributed by atoms with Gasteiger partial charge in [0.1, 0.15) is 11.5 Å². The number of nitrogens with zero attached hydrogens (tertiary/aromatic N) is 3. The second-order valence-corrected chi connectivity index (χ2v) is 8.19. The van der Waals surface area contributed by atoms with Crippen LogP contribution < -0.4 is 27.2 Å². The number of amides is 2. The molecule has 1 heterocycles. The lowest BCUT2D eigenvalue weighted by Crippen LogP contribution is -2.41. The first-order valence-corrected chi connectivity index (χ1v) is 11.9. The molecule has 0 radical (unpaired) electrons. The van der Waals surface area contributed by atoms with E-state index in [0.29, 0.717) is 30.9 Å². The molecule has 0 saturated heterocycles. The van der Waals surface area contributed by atoms with E-state index in [1.165, 1.54) is 9.47 Å². The number of hydrogen-bond acceptors (Lipinski definition) is 6. The molecule has 10 nitrogen and oxygen atoms in total. The number of nitrogen functional groups attached to an aromatic ring is 1. The van der Waals surface area contributed by atoms with Gasteiger partial charge in [-0.2, -0.15) is 0 Å². The highest BCUT2D eigenvalue weighted by Gasteiger charge is 2.21. The molecule has 36 heavy (non-hydrogen) atoms. The minimum atomic E-state index is -0.664. The molecule has 0 aliphatic heterocycles. The molecule has 10 heteroatoms. The molecule has 0 atom stereocenters. The topological polar surface area (TPSA) is 134 Å². The van der Waals surface area contributed by atoms with E-state index >= 15 is 0 Å². The number of hydrogen-bond donors (Lipinski definition) is 3. The maximum Gasteiger partial charge on any atom is 0.330 e. The summed E-state index contributed by atoms with van der Waals surface area (Å²) in [5.74, 6) is -0.538. The van der Waals surface area contributed by atoms with E-state index in [-0.39, 0.29) is 30.5 Å². The number of anilines is 3. The van der Waals surface area contributed by atoms with Crippen LogP contribution >= 0.6 is 0 Å². The van der Waals surface area contributed by atoms with Gasteiger partial charge in [0, 0.05) is 30.9 Å². The Hall–Kier alpha value is -4.34. The van der Waals surface area contributed by atoms with Crippen molar-refractivity contribution in [1.29, 1.82) is 0 Å². The van der Waals surface area contributed by atoms with E-state index in [2.05, 4.69) is 10.3 Å². The molecule has 3 aromatic rings. The van der Waals surface area contributed by atoms with Gasteiger partial charge < -0.3 is 20.9 Å². The number of nitrogens with two attached hydrogens (primary N) is 1. The van der Waals surface area contributed by atoms with Gasteiger partial charge in [0.25, 0.3) is 11.5 Å². The van der Waals surface area contributed by atoms with Gasteiger partial charge in [0.2, 0.25) is 5.91 Å². The van der Waals surface area contributed by atoms with E-state index in [9.17, 15) is 19.2 Å². The summed E-state index contributed by atoms with van der Waals surface area (Å²) in [6.07, 6.45) is 0. The van der Waals surface area contributed by atoms with Gasteiger partial charge >= 0.3 is 5.69 Å². The first-order valence-electron chi connectivity index (χ1n) is 11.9. The second kappa shape index (κ2) is 11.9. The van der Waals surface area contributed by atoms with E-state index in [4.69, 9.17) is 5.73 Å². The van der Waals surface area contributed by atoms with Gasteiger partial charge in [0.05, 0.1) is 13.1 Å². The molecule has 0 aliphatic carbocycles. The molecule has 1 aromatic heterocycles. The molecular formula is C26H32N6O4. The summed E-state index contributed by atoms with van der Waals surface area (Å²) in [5.41, 5.74) is 6.80. The SMILES string of the molecule is CCN(CC)C(=O)c1cccc(NC(=O)CN(CC)c2c(N)n(Cc3ccccc3)c(=O)[nH]c2=O)c1. The number of nitrogens with one attached hydrogen (secondary N) is 2. The van der Waals surface area contributed by atoms with Crippen LogP contribution in [0.25, 0.3) is 0 Å². The first kappa shape index (κ1) is 26.3. The van der Waals surface area contributed by atoms with Gasteiger partial charge in [-0.25, -0.2) is 4.79 Å². The third-order valence-electron chi connectivity index (χ3n) is 5.87. The van der Waals surface area contributed by atoms with Crippen LogP contribution in [0.3, 0.4) is 0 Å². The molecule has 0 unspecified atom stereocenters. The van der Waals surface area contributed by atoms with Crippen molar-refractivity contribution < 1.29 is 9.59 Å². The lowest BCUT2D eigenvalue weighted by molar-refractivity contribution is -0.115. The van der Waals surface area contributed by atoms with Crippen molar-refractivity contribution in [1.82, 2.24) is 14.5 Å². The van der Waals surface area contributed by atoms with Crippen molar-refractivity contribution in [2.24, 2.45) is 0 Å². The average molecular weight is 493 g/mol. The van der Waals surface area contributed by atoms with Crippen molar-refractivity contribution in [3.05, 3.63) is 86.6 Å². The quantitative estimate of drug-likeness (QED) is 0.397. The highest BCUT2D eigenvalue weighted by atomic mass is 16.2. The zero-order valence-corrected chi connectivity index (χ0v) is 20.8. The lowest BCUT2D eigenvalue weighted by Gasteiger charge is -2.24. The van der Waals surface area contributed by atoms with Gasteiger partial charge in [-0.1, -0.05) is 36.4 Å². The van der Waals surface area contributed by atoms with Crippen molar-refractivity contribution >= 4 is 29.0 Å². The predicted molar refractivity (Wildman–Crippen MR) is 141 cm³/mol. The number of carbonyl (C=O) groups excluding carboxylic acids is 2. The Bertz CT molecular complexity index is 1330. The Morgan fingerprint density at radius 1 is 0.972 bits per heavy atom. The Morgan fingerprint density at radius 3 is 2.31 bits per heavy atom. The van der Waals surface area contributed by atoms with Crippen LogP contribution in [0.2, 0.25) is 0 Å². The molecule has 0 fully saturated rings. The van der Waals surface area contributed by atoms with Crippen LogP contribution in [-0.4, -0.2) is 52.4 Å². The first-order chi connectivity index (χ1) is 17.3. The summed E-state index contributed by atoms with van der Waals surface area (Å²) >= 11 is 0. The van der Waals surface area contributed by atoms with E-state index in [1.807, 2.05) is 44.2 Å². The summed E-state index contributed by atoms with van der Waals surface area (Å²) < 4.78 is 1.27. The largest absolute Gasteiger partial charge is 0.383 e. The fourth-order valence-electron chi connectivity index (χ4n) is 3.95. The minimum Gasteiger partial charge on any atom is -0.383 e. The standard InChI is InChI=1S/C26H32N6O4/c1-4-30(5-2)25(35)19-13-10-14-20(15-19)28-21(33)17-31(6-3)22-23(27)32(26(36)29-24(22)34)16-18-11-8-7-9-12-18/h7-15H,4-6,16-17,27H2,1-3H3,(H,28,33)(H,29,34,36). The van der Waals surface area contributed by atoms with Crippen LogP contribution in [0.5, 0.6) is 0 Å². The molecule has 0 spiro atoms. The maximum atomic E-state index is 12.9. The van der Waals surface area contributed by atoms with Gasteiger partial charge in [-0.15, -0.1) is 0 Å². The van der Waals surface area contributed by atoms with Crippen LogP contribution in [0.1, 0.15) is 36.7 Å². The average Bonchev–Trinajstić information content (AvgIpc) is 2.87. The Labute approximate surface area is 209 Å². The number of benzene rings is 2. The minimum absolute atomic E-state index is 0.0194. The molecule has 0 aliphatic rings. The second-order valence-electron chi connectivity index (χ2n) is 8.19. The molecule has 190 valence electrons. The highest BCUT2D eigenvalue weighted by molar-refractivity contribution is 5.98. The van der Waals surface area contributed by atoms with Crippen LogP contribution in [-0.2, 0) is 11.3 Å². The van der Waals surface area contributed by atoms with Crippen molar-refractivity contribution in [2.75, 3.05) is 42.1 Å². The fourth-order valence-corrected chi connectivity index (χ4v) is 3.95. The number of aromatic nitrogens is 2. The Balaban J connectivity index is 1.82. The summed E-state index contributed by atoms with van der Waals surface area (Å²) in [6.45, 7) is 7.05. The molecule has 0 bridgehead atoms. The van der Waals surface area contributed by atoms with Crippen LogP contribution in [0.4, 0.5) is 17.2 Å². The number of rotatable bonds is 10. The molecule has 2 amide bonds.